The molecule has 0 bridgehead atoms. The van der Waals surface area contributed by atoms with Crippen LogP contribution in [-0.4, -0.2) is 75.2 Å². The van der Waals surface area contributed by atoms with Crippen molar-refractivity contribution in [2.45, 2.75) is 103 Å². The summed E-state index contributed by atoms with van der Waals surface area (Å²) >= 11 is 0. The molecule has 1 aliphatic carbocycles. The third-order valence-electron chi connectivity index (χ3n) is 13.6. The number of esters is 1. The lowest BCUT2D eigenvalue weighted by Crippen LogP contribution is -2.49. The zero-order valence-corrected chi connectivity index (χ0v) is 39.2. The first-order valence-electron chi connectivity index (χ1n) is 23.8. The molecule has 3 aliphatic heterocycles. The van der Waals surface area contributed by atoms with Crippen molar-refractivity contribution < 1.29 is 47.4 Å². The van der Waals surface area contributed by atoms with E-state index in [1.807, 2.05) is 43.3 Å². The first-order chi connectivity index (χ1) is 34.3. The van der Waals surface area contributed by atoms with Gasteiger partial charge in [0.15, 0.2) is 0 Å². The number of halogens is 1. The lowest BCUT2D eigenvalue weighted by molar-refractivity contribution is -0.148. The smallest absolute Gasteiger partial charge is 0.407 e. The van der Waals surface area contributed by atoms with Crippen LogP contribution >= 0.6 is 0 Å². The molecule has 4 aliphatic rings. The summed E-state index contributed by atoms with van der Waals surface area (Å²) in [4.78, 5) is 109. The highest BCUT2D eigenvalue weighted by molar-refractivity contribution is 6.12. The van der Waals surface area contributed by atoms with Crippen molar-refractivity contribution in [2.75, 3.05) is 18.4 Å². The number of alkyl carbamates (subject to hydrolysis) is 1. The second-order valence-corrected chi connectivity index (χ2v) is 18.2. The number of ether oxygens (including phenoxy) is 2. The van der Waals surface area contributed by atoms with E-state index in [0.29, 0.717) is 83.4 Å². The maximum atomic E-state index is 15.4. The van der Waals surface area contributed by atoms with Crippen LogP contribution in [0, 0.1) is 12.7 Å². The number of hydrogen-bond acceptors (Lipinski definition) is 11. The van der Waals surface area contributed by atoms with E-state index in [2.05, 4.69) is 21.3 Å². The summed E-state index contributed by atoms with van der Waals surface area (Å²) in [7, 11) is 0. The van der Waals surface area contributed by atoms with Gasteiger partial charge < -0.3 is 35.3 Å². The number of aryl methyl sites for hydroxylation is 1. The fraction of sp³-hybridized carbons (Fsp3) is 0.340. The minimum Gasteiger partial charge on any atom is -0.460 e. The van der Waals surface area contributed by atoms with Crippen molar-refractivity contribution in [3.63, 3.8) is 0 Å². The van der Waals surface area contributed by atoms with Gasteiger partial charge in [-0.1, -0.05) is 55.8 Å². The molecule has 3 aromatic carbocycles. The zero-order chi connectivity index (χ0) is 49.9. The molecule has 0 saturated carbocycles. The van der Waals surface area contributed by atoms with Crippen molar-refractivity contribution in [1.82, 2.24) is 30.4 Å². The van der Waals surface area contributed by atoms with E-state index in [1.165, 1.54) is 18.2 Å². The van der Waals surface area contributed by atoms with Crippen LogP contribution in [0.4, 0.5) is 14.9 Å². The fourth-order valence-electron chi connectivity index (χ4n) is 9.94. The van der Waals surface area contributed by atoms with Crippen LogP contribution in [-0.2, 0) is 70.8 Å². The average molecular weight is 966 g/mol. The maximum Gasteiger partial charge on any atom is 0.407 e. The van der Waals surface area contributed by atoms with Gasteiger partial charge in [-0.05, 0) is 90.6 Å². The van der Waals surface area contributed by atoms with Crippen LogP contribution < -0.4 is 26.8 Å². The zero-order valence-electron chi connectivity index (χ0n) is 39.2. The largest absolute Gasteiger partial charge is 0.460 e. The molecule has 0 radical (unpaired) electrons. The number of imide groups is 1. The summed E-state index contributed by atoms with van der Waals surface area (Å²) in [5.74, 6) is -3.49. The van der Waals surface area contributed by atoms with Crippen molar-refractivity contribution in [2.24, 2.45) is 0 Å². The molecule has 0 unspecified atom stereocenters. The Labute approximate surface area is 407 Å². The van der Waals surface area contributed by atoms with Gasteiger partial charge in [0.25, 0.3) is 17.4 Å². The normalized spacial score (nSPS) is 16.7. The van der Waals surface area contributed by atoms with Gasteiger partial charge >= 0.3 is 12.1 Å². The Morgan fingerprint density at radius 2 is 1.66 bits per heavy atom. The summed E-state index contributed by atoms with van der Waals surface area (Å²) in [6.45, 7) is 3.41. The number of pyridine rings is 2. The number of amides is 6. The molecule has 3 atom stereocenters. The second kappa shape index (κ2) is 20.5. The van der Waals surface area contributed by atoms with E-state index in [1.54, 1.807) is 35.8 Å². The molecule has 0 spiro atoms. The number of unbranched alkanes of at least 4 members (excludes halogenated alkanes) is 2. The van der Waals surface area contributed by atoms with Crippen LogP contribution in [0.3, 0.4) is 0 Å². The van der Waals surface area contributed by atoms with Gasteiger partial charge in [-0.2, -0.15) is 0 Å². The first kappa shape index (κ1) is 48.0. The molecule has 5 aromatic rings. The number of hydrogen-bond donors (Lipinski definition) is 4. The van der Waals surface area contributed by atoms with E-state index < -0.39 is 41.7 Å². The Morgan fingerprint density at radius 3 is 2.41 bits per heavy atom. The number of nitrogens with one attached hydrogen (secondary N) is 4. The minimum absolute atomic E-state index is 0.105. The number of aromatic nitrogens is 2. The topological polar surface area (TPSA) is 224 Å². The molecule has 2 aromatic heterocycles. The number of nitrogens with zero attached hydrogens (tertiary/aromatic N) is 3. The van der Waals surface area contributed by atoms with E-state index in [-0.39, 0.29) is 74.9 Å². The van der Waals surface area contributed by atoms with Crippen LogP contribution in [0.25, 0.3) is 22.3 Å². The number of cyclic esters (lactones) is 1. The van der Waals surface area contributed by atoms with Gasteiger partial charge in [0.2, 0.25) is 17.7 Å². The summed E-state index contributed by atoms with van der Waals surface area (Å²) in [5, 5.41) is 11.9. The highest BCUT2D eigenvalue weighted by Gasteiger charge is 2.38. The van der Waals surface area contributed by atoms with E-state index in [9.17, 15) is 38.4 Å². The molecule has 71 heavy (non-hydrogen) atoms. The molecule has 0 saturated heterocycles. The molecule has 9 rings (SSSR count). The standard InChI is InChI=1S/C53H52FN7O10/c1-3-33-35-23-42-49-36(26-61(42)51(67)37(35)28-70-52(33)68)48-39(18-17-34-29(2)38(54)24-40(58-49)47(34)48)59-53(69)71-27-31-13-15-32(16-14-31)56-44(63)25-55-50(66)41(22-30-10-6-4-7-11-30)57-43(62)12-8-5-9-21-60-45(64)19-20-46(60)65/h4,6-7,10-11,13-16,19-20,23-24,33,39,41H,3,5,8-9,12,17-18,21-22,25-28H2,1-2H3,(H,55,66)(H,56,63)(H,57,62)(H,59,69)/t33-,39+,41+/m1/s1. The number of benzene rings is 3. The summed E-state index contributed by atoms with van der Waals surface area (Å²) in [6.07, 6.45) is 5.05. The molecule has 5 heterocycles. The van der Waals surface area contributed by atoms with Gasteiger partial charge in [-0.25, -0.2) is 14.2 Å². The predicted octanol–water partition coefficient (Wildman–Crippen LogP) is 5.60. The van der Waals surface area contributed by atoms with Crippen molar-refractivity contribution >= 4 is 58.2 Å². The molecular weight excluding hydrogens is 914 g/mol. The van der Waals surface area contributed by atoms with Gasteiger partial charge in [-0.15, -0.1) is 0 Å². The summed E-state index contributed by atoms with van der Waals surface area (Å²) < 4.78 is 28.0. The summed E-state index contributed by atoms with van der Waals surface area (Å²) in [6, 6.07) is 17.5. The van der Waals surface area contributed by atoms with E-state index in [0.717, 1.165) is 32.5 Å². The third kappa shape index (κ3) is 10.0. The number of fused-ring (bicyclic) bond motifs is 5. The molecular formula is C53H52FN7O10. The van der Waals surface area contributed by atoms with Gasteiger partial charge in [0, 0.05) is 54.2 Å². The van der Waals surface area contributed by atoms with Crippen LogP contribution in [0.1, 0.15) is 102 Å². The van der Waals surface area contributed by atoms with E-state index in [4.69, 9.17) is 14.5 Å². The molecule has 17 nitrogen and oxygen atoms in total. The molecule has 6 amide bonds. The Balaban J connectivity index is 0.794. The molecule has 18 heteroatoms. The molecule has 4 N–H and O–H groups in total. The Morgan fingerprint density at radius 1 is 0.901 bits per heavy atom. The lowest BCUT2D eigenvalue weighted by atomic mass is 9.81. The Kier molecular flexibility index (Phi) is 13.9. The Hall–Kier alpha value is -8.02. The number of rotatable bonds is 17. The van der Waals surface area contributed by atoms with E-state index >= 15 is 4.39 Å². The summed E-state index contributed by atoms with van der Waals surface area (Å²) in [5.41, 5.74) is 6.80. The van der Waals surface area contributed by atoms with Crippen molar-refractivity contribution in [1.29, 1.82) is 0 Å². The number of anilines is 1. The van der Waals surface area contributed by atoms with Gasteiger partial charge in [0.05, 0.1) is 47.5 Å². The molecule has 0 fully saturated rings. The number of carbonyl (C=O) groups is 7. The highest BCUT2D eigenvalue weighted by atomic mass is 19.1. The monoisotopic (exact) mass is 965 g/mol. The average Bonchev–Trinajstić information content (AvgIpc) is 3.89. The Bertz CT molecular complexity index is 3080. The van der Waals surface area contributed by atoms with Crippen molar-refractivity contribution in [3.05, 3.63) is 140 Å². The van der Waals surface area contributed by atoms with Crippen molar-refractivity contribution in [3.8, 4) is 11.4 Å². The highest BCUT2D eigenvalue weighted by Crippen LogP contribution is 2.45. The molecule has 366 valence electrons. The lowest BCUT2D eigenvalue weighted by Gasteiger charge is -2.29. The predicted molar refractivity (Wildman–Crippen MR) is 257 cm³/mol. The minimum atomic E-state index is -0.957. The quantitative estimate of drug-likeness (QED) is 0.0500. The van der Waals surface area contributed by atoms with Gasteiger partial charge in [-0.3, -0.25) is 38.5 Å². The van der Waals surface area contributed by atoms with Crippen LogP contribution in [0.15, 0.2) is 83.7 Å². The maximum absolute atomic E-state index is 15.4. The van der Waals surface area contributed by atoms with Gasteiger partial charge in [0.1, 0.15) is 25.1 Å². The SMILES string of the molecule is CC[C@H]1C(=O)OCc2c1cc1n(c2=O)Cc2c-1nc1cc(F)c(C)c3c1c2[C@@H](NC(=O)OCc1ccc(NC(=O)CNC(=O)[C@H](Cc2ccccc2)NC(=O)CCCCCN2C(=O)C=CC2=O)cc1)CC3. The second-order valence-electron chi connectivity index (χ2n) is 18.2. The van der Waals surface area contributed by atoms with Crippen LogP contribution in [0.2, 0.25) is 0 Å². The fourth-order valence-corrected chi connectivity index (χ4v) is 9.94. The number of carbonyl (C=O) groups excluding carboxylic acids is 7. The van der Waals surface area contributed by atoms with Crippen LogP contribution in [0.5, 0.6) is 0 Å². The first-order valence-corrected chi connectivity index (χ1v) is 23.8. The third-order valence-corrected chi connectivity index (χ3v) is 13.6.